The molecule has 2 aromatic carbocycles. The predicted octanol–water partition coefficient (Wildman–Crippen LogP) is 5.38. The molecule has 0 aliphatic carbocycles. The van der Waals surface area contributed by atoms with Crippen LogP contribution in [0.25, 0.3) is 0 Å². The number of esters is 1. The van der Waals surface area contributed by atoms with Crippen LogP contribution in [0.15, 0.2) is 47.4 Å². The second-order valence-electron chi connectivity index (χ2n) is 8.77. The predicted molar refractivity (Wildman–Crippen MR) is 121 cm³/mol. The van der Waals surface area contributed by atoms with Crippen LogP contribution in [-0.2, 0) is 31.6 Å². The van der Waals surface area contributed by atoms with Crippen molar-refractivity contribution in [1.82, 2.24) is 0 Å². The van der Waals surface area contributed by atoms with Gasteiger partial charge in [-0.25, -0.2) is 12.8 Å². The number of carbonyl (C=O) groups is 1. The summed E-state index contributed by atoms with van der Waals surface area (Å²) < 4.78 is 127. The van der Waals surface area contributed by atoms with Gasteiger partial charge in [-0.15, -0.1) is 0 Å². The van der Waals surface area contributed by atoms with E-state index < -0.39 is 62.7 Å². The van der Waals surface area contributed by atoms with Gasteiger partial charge in [-0.1, -0.05) is 25.5 Å². The van der Waals surface area contributed by atoms with Crippen molar-refractivity contribution < 1.29 is 53.8 Å². The Kier molecular flexibility index (Phi) is 8.37. The van der Waals surface area contributed by atoms with Crippen molar-refractivity contribution in [3.8, 4) is 0 Å². The molecule has 38 heavy (non-hydrogen) atoms. The van der Waals surface area contributed by atoms with E-state index in [4.69, 9.17) is 4.74 Å². The van der Waals surface area contributed by atoms with Gasteiger partial charge in [0.25, 0.3) is 15.6 Å². The van der Waals surface area contributed by atoms with Gasteiger partial charge in [0, 0.05) is 5.56 Å². The number of halogens is 7. The Morgan fingerprint density at radius 3 is 2.21 bits per heavy atom. The highest BCUT2D eigenvalue weighted by Crippen LogP contribution is 2.51. The number of nitrogens with zero attached hydrogens (tertiary/aromatic N) is 1. The summed E-state index contributed by atoms with van der Waals surface area (Å²) in [6.07, 6.45) is -11.8. The molecule has 1 heterocycles. The number of fused-ring (bicyclic) bond motifs is 1. The van der Waals surface area contributed by atoms with Gasteiger partial charge in [-0.05, 0) is 55.2 Å². The lowest BCUT2D eigenvalue weighted by atomic mass is 9.87. The van der Waals surface area contributed by atoms with Gasteiger partial charge >= 0.3 is 18.3 Å². The molecule has 0 aromatic heterocycles. The Hall–Kier alpha value is -2.87. The summed E-state index contributed by atoms with van der Waals surface area (Å²) in [6, 6.07) is 4.04. The number of carbonyl (C=O) groups excluding carboxylic acids is 1. The summed E-state index contributed by atoms with van der Waals surface area (Å²) in [7, 11) is -4.57. The molecule has 1 aliphatic rings. The third kappa shape index (κ3) is 5.60. The molecule has 0 spiro atoms. The number of benzene rings is 2. The summed E-state index contributed by atoms with van der Waals surface area (Å²) >= 11 is 0. The number of sulfonamides is 1. The third-order valence-electron chi connectivity index (χ3n) is 6.17. The molecule has 0 saturated heterocycles. The van der Waals surface area contributed by atoms with Gasteiger partial charge in [0.05, 0.1) is 29.7 Å². The maximum atomic E-state index is 13.6. The molecule has 0 radical (unpaired) electrons. The van der Waals surface area contributed by atoms with Crippen molar-refractivity contribution in [2.24, 2.45) is 0 Å². The van der Waals surface area contributed by atoms with Crippen molar-refractivity contribution in [2.45, 2.75) is 67.9 Å². The van der Waals surface area contributed by atoms with Crippen molar-refractivity contribution in [1.29, 1.82) is 0 Å². The molecule has 1 N–H and O–H groups in total. The number of alkyl halides is 6. The smallest absolute Gasteiger partial charge is 0.430 e. The van der Waals surface area contributed by atoms with Crippen molar-refractivity contribution in [2.75, 3.05) is 10.9 Å². The van der Waals surface area contributed by atoms with E-state index >= 15 is 0 Å². The van der Waals surface area contributed by atoms with Gasteiger partial charge in [0.15, 0.2) is 0 Å². The van der Waals surface area contributed by atoms with Crippen LogP contribution in [0.4, 0.5) is 36.4 Å². The number of ether oxygens (including phenoxy) is 1. The van der Waals surface area contributed by atoms with Crippen LogP contribution in [0.2, 0.25) is 0 Å². The summed E-state index contributed by atoms with van der Waals surface area (Å²) in [5.41, 5.74) is -7.23. The lowest BCUT2D eigenvalue weighted by molar-refractivity contribution is -0.376. The highest BCUT2D eigenvalue weighted by molar-refractivity contribution is 7.92. The summed E-state index contributed by atoms with van der Waals surface area (Å²) in [4.78, 5) is 12.0. The first-order valence-corrected chi connectivity index (χ1v) is 12.9. The molecule has 0 saturated carbocycles. The van der Waals surface area contributed by atoms with Gasteiger partial charge in [0.1, 0.15) is 5.82 Å². The number of anilines is 1. The fraction of sp³-hybridized carbons (Fsp3) is 0.458. The average Bonchev–Trinajstić information content (AvgIpc) is 2.82. The highest BCUT2D eigenvalue weighted by Gasteiger charge is 2.71. The van der Waals surface area contributed by atoms with Crippen LogP contribution in [0.5, 0.6) is 0 Å². The first-order chi connectivity index (χ1) is 17.5. The van der Waals surface area contributed by atoms with E-state index in [1.54, 1.807) is 0 Å². The van der Waals surface area contributed by atoms with Gasteiger partial charge in [-0.2, -0.15) is 26.3 Å². The second-order valence-corrected chi connectivity index (χ2v) is 10.6. The fourth-order valence-corrected chi connectivity index (χ4v) is 5.88. The Morgan fingerprint density at radius 2 is 1.66 bits per heavy atom. The van der Waals surface area contributed by atoms with Crippen molar-refractivity contribution in [3.05, 3.63) is 59.4 Å². The Bertz CT molecular complexity index is 1250. The average molecular weight is 572 g/mol. The molecule has 0 unspecified atom stereocenters. The number of aliphatic hydroxyl groups is 1. The molecular weight excluding hydrogens is 547 g/mol. The van der Waals surface area contributed by atoms with Crippen LogP contribution in [0, 0.1) is 5.82 Å². The zero-order chi connectivity index (χ0) is 28.5. The first-order valence-electron chi connectivity index (χ1n) is 11.5. The molecule has 0 bridgehead atoms. The van der Waals surface area contributed by atoms with Crippen LogP contribution in [0.1, 0.15) is 43.7 Å². The SMILES string of the molecule is CCCCOC(=O)C[C@H]1CCc2cc(C(O)(C(F)(F)F)C(F)(F)F)ccc2N1S(=O)(=O)c1ccc(F)cc1. The van der Waals surface area contributed by atoms with E-state index in [0.29, 0.717) is 18.6 Å². The Balaban J connectivity index is 2.12. The molecule has 210 valence electrons. The number of aryl methyl sites for hydroxylation is 1. The van der Waals surface area contributed by atoms with E-state index in [1.807, 2.05) is 6.92 Å². The quantitative estimate of drug-likeness (QED) is 0.261. The van der Waals surface area contributed by atoms with Gasteiger partial charge < -0.3 is 9.84 Å². The number of rotatable bonds is 8. The number of unbranched alkanes of at least 4 members (excludes halogenated alkanes) is 1. The molecule has 1 atom stereocenters. The second kappa shape index (κ2) is 10.7. The fourth-order valence-electron chi connectivity index (χ4n) is 4.16. The lowest BCUT2D eigenvalue weighted by Crippen LogP contribution is -2.54. The van der Waals surface area contributed by atoms with E-state index in [0.717, 1.165) is 41.1 Å². The molecule has 2 aromatic rings. The molecule has 1 aliphatic heterocycles. The summed E-state index contributed by atoms with van der Waals surface area (Å²) in [5, 5.41) is 9.78. The zero-order valence-electron chi connectivity index (χ0n) is 19.9. The number of hydrogen-bond donors (Lipinski definition) is 1. The van der Waals surface area contributed by atoms with E-state index in [9.17, 15) is 49.1 Å². The zero-order valence-corrected chi connectivity index (χ0v) is 20.8. The molecule has 3 rings (SSSR count). The third-order valence-corrected chi connectivity index (χ3v) is 8.05. The molecule has 6 nitrogen and oxygen atoms in total. The maximum Gasteiger partial charge on any atom is 0.430 e. The van der Waals surface area contributed by atoms with Crippen LogP contribution in [0.3, 0.4) is 0 Å². The lowest BCUT2D eigenvalue weighted by Gasteiger charge is -2.39. The summed E-state index contributed by atoms with van der Waals surface area (Å²) in [5.74, 6) is -1.49. The minimum atomic E-state index is -6.13. The van der Waals surface area contributed by atoms with E-state index in [1.165, 1.54) is 0 Å². The maximum absolute atomic E-state index is 13.6. The standard InChI is InChI=1S/C24H24F7NO5S/c1-2-3-12-37-21(33)14-18-8-4-15-13-16(22(34,23(26,27)28)24(29,30)31)5-11-20(15)32(18)38(35,36)19-9-6-17(25)7-10-19/h5-7,9-11,13,18,34H,2-4,8,12,14H2,1H3/t18-/m1/s1. The normalized spacial score (nSPS) is 16.8. The van der Waals surface area contributed by atoms with Crippen LogP contribution >= 0.6 is 0 Å². The van der Waals surface area contributed by atoms with Crippen molar-refractivity contribution in [3.63, 3.8) is 0 Å². The molecular formula is C24H24F7NO5S. The van der Waals surface area contributed by atoms with Crippen LogP contribution in [-0.4, -0.2) is 44.5 Å². The van der Waals surface area contributed by atoms with Crippen LogP contribution < -0.4 is 4.31 Å². The van der Waals surface area contributed by atoms with Gasteiger partial charge in [0.2, 0.25) is 0 Å². The Labute approximate surface area is 214 Å². The summed E-state index contributed by atoms with van der Waals surface area (Å²) in [6.45, 7) is 1.94. The topological polar surface area (TPSA) is 83.9 Å². The van der Waals surface area contributed by atoms with Gasteiger partial charge in [-0.3, -0.25) is 9.10 Å². The minimum Gasteiger partial charge on any atom is -0.466 e. The van der Waals surface area contributed by atoms with Crippen molar-refractivity contribution >= 4 is 21.7 Å². The molecule has 14 heteroatoms. The monoisotopic (exact) mass is 571 g/mol. The Morgan fingerprint density at radius 1 is 1.05 bits per heavy atom. The van der Waals surface area contributed by atoms with E-state index in [-0.39, 0.29) is 30.7 Å². The molecule has 0 fully saturated rings. The van der Waals surface area contributed by atoms with E-state index in [2.05, 4.69) is 0 Å². The molecule has 0 amide bonds. The largest absolute Gasteiger partial charge is 0.466 e. The highest BCUT2D eigenvalue weighted by atomic mass is 32.2. The first kappa shape index (κ1) is 29.7. The number of hydrogen-bond acceptors (Lipinski definition) is 5. The minimum absolute atomic E-state index is 0.0835.